The van der Waals surface area contributed by atoms with E-state index in [1.54, 1.807) is 0 Å². The van der Waals surface area contributed by atoms with E-state index in [2.05, 4.69) is 11.2 Å². The van der Waals surface area contributed by atoms with Crippen LogP contribution in [0.1, 0.15) is 37.3 Å². The van der Waals surface area contributed by atoms with Crippen LogP contribution in [0, 0.1) is 0 Å². The smallest absolute Gasteiger partial charge is 0.0492 e. The van der Waals surface area contributed by atoms with Gasteiger partial charge in [0, 0.05) is 24.9 Å². The Kier molecular flexibility index (Phi) is 1.68. The highest BCUT2D eigenvalue weighted by Gasteiger charge is 2.18. The summed E-state index contributed by atoms with van der Waals surface area (Å²) in [4.78, 5) is 0. The number of aromatic nitrogens is 2. The van der Waals surface area contributed by atoms with Crippen molar-refractivity contribution in [1.82, 2.24) is 9.78 Å². The van der Waals surface area contributed by atoms with E-state index in [-0.39, 0.29) is 0 Å². The quantitative estimate of drug-likeness (QED) is 0.599. The standard InChI is InChI=1S/C9H14N2/c1-11-9(6-7-10-11)8-4-2-3-5-8/h6-8H,2-5H2,1H3. The summed E-state index contributed by atoms with van der Waals surface area (Å²) in [6.07, 6.45) is 7.42. The molecule has 1 saturated carbocycles. The normalized spacial score (nSPS) is 19.4. The van der Waals surface area contributed by atoms with Crippen molar-refractivity contribution < 1.29 is 0 Å². The molecule has 0 unspecified atom stereocenters. The van der Waals surface area contributed by atoms with Crippen molar-refractivity contribution in [3.63, 3.8) is 0 Å². The van der Waals surface area contributed by atoms with Crippen LogP contribution in [0.15, 0.2) is 12.3 Å². The lowest BCUT2D eigenvalue weighted by molar-refractivity contribution is 0.617. The summed E-state index contributed by atoms with van der Waals surface area (Å²) in [5.41, 5.74) is 1.42. The molecule has 1 aliphatic carbocycles. The molecule has 0 aromatic carbocycles. The minimum absolute atomic E-state index is 0.794. The van der Waals surface area contributed by atoms with Crippen LogP contribution in [0.3, 0.4) is 0 Å². The molecule has 0 aliphatic heterocycles. The fourth-order valence-electron chi connectivity index (χ4n) is 2.01. The highest BCUT2D eigenvalue weighted by molar-refractivity contribution is 5.08. The summed E-state index contributed by atoms with van der Waals surface area (Å²) in [6, 6.07) is 2.15. The van der Waals surface area contributed by atoms with Gasteiger partial charge in [-0.3, -0.25) is 4.68 Å². The molecule has 0 bridgehead atoms. The first-order chi connectivity index (χ1) is 5.38. The molecule has 2 heteroatoms. The van der Waals surface area contributed by atoms with Gasteiger partial charge in [0.1, 0.15) is 0 Å². The molecule has 1 fully saturated rings. The van der Waals surface area contributed by atoms with Gasteiger partial charge in [-0.1, -0.05) is 12.8 Å². The second-order valence-electron chi connectivity index (χ2n) is 3.36. The monoisotopic (exact) mass is 150 g/mol. The van der Waals surface area contributed by atoms with Crippen LogP contribution in [0.2, 0.25) is 0 Å². The van der Waals surface area contributed by atoms with Gasteiger partial charge in [0.2, 0.25) is 0 Å². The van der Waals surface area contributed by atoms with Gasteiger partial charge in [0.05, 0.1) is 0 Å². The maximum absolute atomic E-state index is 4.18. The Hall–Kier alpha value is -0.790. The third-order valence-corrected chi connectivity index (χ3v) is 2.63. The van der Waals surface area contributed by atoms with Crippen molar-refractivity contribution in [3.05, 3.63) is 18.0 Å². The Labute approximate surface area is 67.2 Å². The molecule has 0 atom stereocenters. The average molecular weight is 150 g/mol. The van der Waals surface area contributed by atoms with Crippen LogP contribution in [-0.4, -0.2) is 9.78 Å². The number of aryl methyl sites for hydroxylation is 1. The highest BCUT2D eigenvalue weighted by atomic mass is 15.3. The predicted molar refractivity (Wildman–Crippen MR) is 44.4 cm³/mol. The Morgan fingerprint density at radius 2 is 2.18 bits per heavy atom. The molecule has 2 rings (SSSR count). The van der Waals surface area contributed by atoms with Crippen LogP contribution in [0.5, 0.6) is 0 Å². The molecule has 1 aromatic heterocycles. The molecule has 1 heterocycles. The summed E-state index contributed by atoms with van der Waals surface area (Å²) in [6.45, 7) is 0. The van der Waals surface area contributed by atoms with Crippen LogP contribution in [0.25, 0.3) is 0 Å². The summed E-state index contributed by atoms with van der Waals surface area (Å²) in [7, 11) is 2.04. The summed E-state index contributed by atoms with van der Waals surface area (Å²) >= 11 is 0. The second kappa shape index (κ2) is 2.68. The maximum Gasteiger partial charge on any atom is 0.0492 e. The van der Waals surface area contributed by atoms with E-state index in [0.717, 1.165) is 5.92 Å². The van der Waals surface area contributed by atoms with Gasteiger partial charge in [0.15, 0.2) is 0 Å². The van der Waals surface area contributed by atoms with Gasteiger partial charge in [-0.05, 0) is 18.9 Å². The summed E-state index contributed by atoms with van der Waals surface area (Å²) in [5, 5.41) is 4.18. The van der Waals surface area contributed by atoms with E-state index >= 15 is 0 Å². The molecule has 0 spiro atoms. The molecule has 60 valence electrons. The summed E-state index contributed by atoms with van der Waals surface area (Å²) < 4.78 is 2.01. The van der Waals surface area contributed by atoms with Crippen LogP contribution < -0.4 is 0 Å². The fraction of sp³-hybridized carbons (Fsp3) is 0.667. The minimum atomic E-state index is 0.794. The second-order valence-corrected chi connectivity index (χ2v) is 3.36. The first-order valence-corrected chi connectivity index (χ1v) is 4.36. The van der Waals surface area contributed by atoms with Crippen LogP contribution in [-0.2, 0) is 7.05 Å². The van der Waals surface area contributed by atoms with Crippen molar-refractivity contribution in [1.29, 1.82) is 0 Å². The van der Waals surface area contributed by atoms with Crippen molar-refractivity contribution in [2.24, 2.45) is 7.05 Å². The van der Waals surface area contributed by atoms with Crippen molar-refractivity contribution >= 4 is 0 Å². The minimum Gasteiger partial charge on any atom is -0.272 e. The molecule has 1 aromatic rings. The molecule has 0 amide bonds. The largest absolute Gasteiger partial charge is 0.272 e. The molecular weight excluding hydrogens is 136 g/mol. The predicted octanol–water partition coefficient (Wildman–Crippen LogP) is 2.08. The van der Waals surface area contributed by atoms with Crippen LogP contribution >= 0.6 is 0 Å². The molecular formula is C9H14N2. The zero-order chi connectivity index (χ0) is 7.68. The molecule has 11 heavy (non-hydrogen) atoms. The lowest BCUT2D eigenvalue weighted by Crippen LogP contribution is -2.01. The van der Waals surface area contributed by atoms with Gasteiger partial charge in [-0.25, -0.2) is 0 Å². The first kappa shape index (κ1) is 6.89. The number of hydrogen-bond donors (Lipinski definition) is 0. The Bertz CT molecular complexity index is 233. The zero-order valence-electron chi connectivity index (χ0n) is 6.95. The van der Waals surface area contributed by atoms with Crippen molar-refractivity contribution in [2.75, 3.05) is 0 Å². The van der Waals surface area contributed by atoms with Crippen molar-refractivity contribution in [3.8, 4) is 0 Å². The lowest BCUT2D eigenvalue weighted by atomic mass is 10.0. The topological polar surface area (TPSA) is 17.8 Å². The molecule has 0 radical (unpaired) electrons. The average Bonchev–Trinajstić information content (AvgIpc) is 2.55. The van der Waals surface area contributed by atoms with Crippen LogP contribution in [0.4, 0.5) is 0 Å². The summed E-state index contributed by atoms with van der Waals surface area (Å²) in [5.74, 6) is 0.794. The maximum atomic E-state index is 4.18. The SMILES string of the molecule is Cn1nccc1C1CCCC1. The third kappa shape index (κ3) is 1.17. The van der Waals surface area contributed by atoms with Gasteiger partial charge in [-0.15, -0.1) is 0 Å². The lowest BCUT2D eigenvalue weighted by Gasteiger charge is -2.07. The number of nitrogens with zero attached hydrogens (tertiary/aromatic N) is 2. The molecule has 2 nitrogen and oxygen atoms in total. The third-order valence-electron chi connectivity index (χ3n) is 2.63. The zero-order valence-corrected chi connectivity index (χ0v) is 6.95. The first-order valence-electron chi connectivity index (χ1n) is 4.36. The van der Waals surface area contributed by atoms with E-state index < -0.39 is 0 Å². The van der Waals surface area contributed by atoms with Gasteiger partial charge < -0.3 is 0 Å². The fourth-order valence-corrected chi connectivity index (χ4v) is 2.01. The Morgan fingerprint density at radius 3 is 2.73 bits per heavy atom. The van der Waals surface area contributed by atoms with E-state index in [9.17, 15) is 0 Å². The number of hydrogen-bond acceptors (Lipinski definition) is 1. The van der Waals surface area contributed by atoms with E-state index in [1.807, 2.05) is 17.9 Å². The Balaban J connectivity index is 2.21. The molecule has 1 aliphatic rings. The van der Waals surface area contributed by atoms with E-state index in [0.29, 0.717) is 0 Å². The van der Waals surface area contributed by atoms with E-state index in [1.165, 1.54) is 31.4 Å². The Morgan fingerprint density at radius 1 is 1.45 bits per heavy atom. The van der Waals surface area contributed by atoms with Gasteiger partial charge in [0.25, 0.3) is 0 Å². The van der Waals surface area contributed by atoms with E-state index in [4.69, 9.17) is 0 Å². The number of rotatable bonds is 1. The highest BCUT2D eigenvalue weighted by Crippen LogP contribution is 2.33. The molecule has 0 N–H and O–H groups in total. The van der Waals surface area contributed by atoms with Crippen molar-refractivity contribution in [2.45, 2.75) is 31.6 Å². The molecule has 0 saturated heterocycles. The van der Waals surface area contributed by atoms with Gasteiger partial charge >= 0.3 is 0 Å². The van der Waals surface area contributed by atoms with Gasteiger partial charge in [-0.2, -0.15) is 5.10 Å².